The van der Waals surface area contributed by atoms with Crippen LogP contribution in [-0.2, 0) is 6.42 Å². The number of anilines is 1. The first-order valence-corrected chi connectivity index (χ1v) is 7.40. The quantitative estimate of drug-likeness (QED) is 0.570. The number of allylic oxidation sites excluding steroid dienone is 1. The number of rotatable bonds is 6. The lowest BCUT2D eigenvalue weighted by Crippen LogP contribution is -2.29. The van der Waals surface area contributed by atoms with Gasteiger partial charge >= 0.3 is 0 Å². The second-order valence-electron chi connectivity index (χ2n) is 5.60. The Kier molecular flexibility index (Phi) is 5.46. The monoisotopic (exact) mass is 258 g/mol. The molecule has 0 radical (unpaired) electrons. The van der Waals surface area contributed by atoms with Crippen LogP contribution in [0.1, 0.15) is 24.8 Å². The molecule has 104 valence electrons. The number of unbranched alkanes of at least 4 members (excludes halogenated alkanes) is 1. The highest BCUT2D eigenvalue weighted by atomic mass is 15.1. The van der Waals surface area contributed by atoms with Crippen LogP contribution in [0.5, 0.6) is 0 Å². The predicted molar refractivity (Wildman–Crippen MR) is 83.9 cm³/mol. The Labute approximate surface area is 117 Å². The van der Waals surface area contributed by atoms with Gasteiger partial charge in [-0.15, -0.1) is 0 Å². The van der Waals surface area contributed by atoms with Crippen LogP contribution in [-0.4, -0.2) is 38.6 Å². The highest BCUT2D eigenvalue weighted by Crippen LogP contribution is 2.26. The maximum absolute atomic E-state index is 2.50. The molecule has 0 saturated heterocycles. The minimum Gasteiger partial charge on any atom is -0.368 e. The van der Waals surface area contributed by atoms with Crippen LogP contribution in [0.25, 0.3) is 0 Å². The van der Waals surface area contributed by atoms with E-state index in [2.05, 4.69) is 60.3 Å². The summed E-state index contributed by atoms with van der Waals surface area (Å²) in [6.07, 6.45) is 9.62. The van der Waals surface area contributed by atoms with E-state index in [-0.39, 0.29) is 0 Å². The Bertz CT molecular complexity index is 409. The van der Waals surface area contributed by atoms with Gasteiger partial charge in [-0.25, -0.2) is 0 Å². The van der Waals surface area contributed by atoms with Crippen LogP contribution < -0.4 is 4.90 Å². The minimum absolute atomic E-state index is 1.05. The Balaban J connectivity index is 1.79. The van der Waals surface area contributed by atoms with E-state index in [1.54, 1.807) is 0 Å². The van der Waals surface area contributed by atoms with Crippen molar-refractivity contribution in [2.75, 3.05) is 38.6 Å². The lowest BCUT2D eigenvalue weighted by molar-refractivity contribution is 0.402. The molecule has 19 heavy (non-hydrogen) atoms. The molecule has 0 spiro atoms. The van der Waals surface area contributed by atoms with Crippen molar-refractivity contribution < 1.29 is 0 Å². The first-order chi connectivity index (χ1) is 9.27. The molecule has 1 heterocycles. The zero-order valence-electron chi connectivity index (χ0n) is 12.3. The lowest BCUT2D eigenvalue weighted by atomic mass is 10.0. The molecule has 0 N–H and O–H groups in total. The number of hydrogen-bond acceptors (Lipinski definition) is 2. The summed E-state index contributed by atoms with van der Waals surface area (Å²) >= 11 is 0. The van der Waals surface area contributed by atoms with Gasteiger partial charge < -0.3 is 9.80 Å². The van der Waals surface area contributed by atoms with Gasteiger partial charge in [-0.3, -0.25) is 0 Å². The topological polar surface area (TPSA) is 6.48 Å². The predicted octanol–water partition coefficient (Wildman–Crippen LogP) is 3.34. The van der Waals surface area contributed by atoms with E-state index in [9.17, 15) is 0 Å². The van der Waals surface area contributed by atoms with Gasteiger partial charge in [0, 0.05) is 18.8 Å². The van der Waals surface area contributed by atoms with Crippen molar-refractivity contribution in [1.82, 2.24) is 4.90 Å². The molecule has 1 aromatic rings. The normalized spacial score (nSPS) is 15.2. The van der Waals surface area contributed by atoms with Crippen LogP contribution in [0.3, 0.4) is 0 Å². The zero-order valence-corrected chi connectivity index (χ0v) is 12.3. The van der Waals surface area contributed by atoms with Gasteiger partial charge in [0.15, 0.2) is 0 Å². The molecule has 0 atom stereocenters. The number of para-hydroxylation sites is 1. The Morgan fingerprint density at radius 2 is 2.05 bits per heavy atom. The summed E-state index contributed by atoms with van der Waals surface area (Å²) in [4.78, 5) is 4.75. The first-order valence-electron chi connectivity index (χ1n) is 7.40. The molecule has 0 amide bonds. The van der Waals surface area contributed by atoms with E-state index in [1.165, 1.54) is 50.0 Å². The van der Waals surface area contributed by atoms with Crippen molar-refractivity contribution in [3.05, 3.63) is 42.0 Å². The molecule has 0 fully saturated rings. The van der Waals surface area contributed by atoms with Crippen LogP contribution in [0.4, 0.5) is 5.69 Å². The van der Waals surface area contributed by atoms with E-state index < -0.39 is 0 Å². The minimum atomic E-state index is 1.05. The van der Waals surface area contributed by atoms with Crippen LogP contribution >= 0.6 is 0 Å². The average Bonchev–Trinajstić information content (AvgIpc) is 2.42. The maximum Gasteiger partial charge on any atom is 0.0401 e. The maximum atomic E-state index is 2.50. The van der Waals surface area contributed by atoms with E-state index in [1.807, 2.05) is 0 Å². The standard InChI is InChI=1S/C17H26N2/c1-18(2)13-7-3-4-8-14-19-15-9-11-16-10-5-6-12-17(16)19/h4-6,8,10,12H,3,7,9,11,13-15H2,1-2H3/b8-4+. The first kappa shape index (κ1) is 14.1. The van der Waals surface area contributed by atoms with Crippen LogP contribution in [0.15, 0.2) is 36.4 Å². The molecule has 1 aliphatic heterocycles. The number of aryl methyl sites for hydroxylation is 1. The second-order valence-corrected chi connectivity index (χ2v) is 5.60. The molecular weight excluding hydrogens is 232 g/mol. The molecule has 1 aliphatic rings. The van der Waals surface area contributed by atoms with Gasteiger partial charge in [0.2, 0.25) is 0 Å². The Hall–Kier alpha value is -1.28. The van der Waals surface area contributed by atoms with Crippen LogP contribution in [0.2, 0.25) is 0 Å². The van der Waals surface area contributed by atoms with Gasteiger partial charge in [0.1, 0.15) is 0 Å². The lowest BCUT2D eigenvalue weighted by Gasteiger charge is -2.30. The summed E-state index contributed by atoms with van der Waals surface area (Å²) in [5.74, 6) is 0. The molecule has 2 heteroatoms. The van der Waals surface area contributed by atoms with Gasteiger partial charge in [-0.2, -0.15) is 0 Å². The third-order valence-electron chi connectivity index (χ3n) is 3.68. The van der Waals surface area contributed by atoms with Crippen LogP contribution in [0, 0.1) is 0 Å². The van der Waals surface area contributed by atoms with Crippen molar-refractivity contribution in [3.8, 4) is 0 Å². The van der Waals surface area contributed by atoms with E-state index >= 15 is 0 Å². The molecule has 0 saturated carbocycles. The van der Waals surface area contributed by atoms with Gasteiger partial charge in [-0.1, -0.05) is 30.4 Å². The number of fused-ring (bicyclic) bond motifs is 1. The van der Waals surface area contributed by atoms with Crippen molar-refractivity contribution in [2.24, 2.45) is 0 Å². The largest absolute Gasteiger partial charge is 0.368 e. The van der Waals surface area contributed by atoms with E-state index in [0.717, 1.165) is 6.54 Å². The fourth-order valence-electron chi connectivity index (χ4n) is 2.65. The average molecular weight is 258 g/mol. The summed E-state index contributed by atoms with van der Waals surface area (Å²) in [5.41, 5.74) is 2.95. The summed E-state index contributed by atoms with van der Waals surface area (Å²) in [5, 5.41) is 0. The fraction of sp³-hybridized carbons (Fsp3) is 0.529. The zero-order chi connectivity index (χ0) is 13.5. The molecule has 0 aromatic heterocycles. The summed E-state index contributed by atoms with van der Waals surface area (Å²) < 4.78 is 0. The van der Waals surface area contributed by atoms with Gasteiger partial charge in [-0.05, 0) is 58.0 Å². The van der Waals surface area contributed by atoms with Crippen molar-refractivity contribution in [2.45, 2.75) is 25.7 Å². The van der Waals surface area contributed by atoms with E-state index in [4.69, 9.17) is 0 Å². The molecular formula is C17H26N2. The Morgan fingerprint density at radius 3 is 2.89 bits per heavy atom. The highest BCUT2D eigenvalue weighted by Gasteiger charge is 2.14. The molecule has 2 rings (SSSR count). The molecule has 0 bridgehead atoms. The number of hydrogen-bond donors (Lipinski definition) is 0. The van der Waals surface area contributed by atoms with E-state index in [0.29, 0.717) is 0 Å². The van der Waals surface area contributed by atoms with Gasteiger partial charge in [0.05, 0.1) is 0 Å². The smallest absolute Gasteiger partial charge is 0.0401 e. The fourth-order valence-corrected chi connectivity index (χ4v) is 2.65. The summed E-state index contributed by atoms with van der Waals surface area (Å²) in [6.45, 7) is 3.43. The molecule has 1 aromatic carbocycles. The third kappa shape index (κ3) is 4.39. The Morgan fingerprint density at radius 1 is 1.21 bits per heavy atom. The summed E-state index contributed by atoms with van der Waals surface area (Å²) in [7, 11) is 4.27. The van der Waals surface area contributed by atoms with Crippen molar-refractivity contribution >= 4 is 5.69 Å². The van der Waals surface area contributed by atoms with Crippen molar-refractivity contribution in [3.63, 3.8) is 0 Å². The van der Waals surface area contributed by atoms with Crippen molar-refractivity contribution in [1.29, 1.82) is 0 Å². The molecule has 2 nitrogen and oxygen atoms in total. The number of nitrogens with zero attached hydrogens (tertiary/aromatic N) is 2. The molecule has 0 unspecified atom stereocenters. The molecule has 0 aliphatic carbocycles. The number of benzene rings is 1. The summed E-state index contributed by atoms with van der Waals surface area (Å²) in [6, 6.07) is 8.83. The SMILES string of the molecule is CN(C)CCC/C=C/CN1CCCc2ccccc21. The van der Waals surface area contributed by atoms with Gasteiger partial charge in [0.25, 0.3) is 0 Å². The second kappa shape index (κ2) is 7.34. The highest BCUT2D eigenvalue weighted by molar-refractivity contribution is 5.55. The third-order valence-corrected chi connectivity index (χ3v) is 3.68.